The molecule has 1 aromatic rings. The van der Waals surface area contributed by atoms with E-state index in [9.17, 15) is 8.42 Å². The quantitative estimate of drug-likeness (QED) is 0.804. The number of anilines is 1. The summed E-state index contributed by atoms with van der Waals surface area (Å²) in [6, 6.07) is 5.09. The van der Waals surface area contributed by atoms with E-state index >= 15 is 0 Å². The van der Waals surface area contributed by atoms with Crippen LogP contribution in [-0.4, -0.2) is 38.9 Å². The Morgan fingerprint density at radius 1 is 1.43 bits per heavy atom. The van der Waals surface area contributed by atoms with E-state index in [1.54, 1.807) is 22.5 Å². The molecule has 1 fully saturated rings. The first-order chi connectivity index (χ1) is 9.95. The van der Waals surface area contributed by atoms with Crippen LogP contribution in [0.5, 0.6) is 0 Å². The van der Waals surface area contributed by atoms with Gasteiger partial charge in [0.15, 0.2) is 0 Å². The molecule has 1 heterocycles. The van der Waals surface area contributed by atoms with Crippen LogP contribution < -0.4 is 10.0 Å². The first-order valence-electron chi connectivity index (χ1n) is 6.84. The fourth-order valence-electron chi connectivity index (χ4n) is 2.51. The van der Waals surface area contributed by atoms with Gasteiger partial charge in [-0.25, -0.2) is 0 Å². The van der Waals surface area contributed by atoms with Gasteiger partial charge in [0.1, 0.15) is 0 Å². The Kier molecular flexibility index (Phi) is 5.90. The highest BCUT2D eigenvalue weighted by atomic mass is 79.9. The summed E-state index contributed by atoms with van der Waals surface area (Å²) in [6.45, 7) is 1.19. The zero-order valence-electron chi connectivity index (χ0n) is 11.8. The van der Waals surface area contributed by atoms with E-state index in [1.807, 2.05) is 7.05 Å². The van der Waals surface area contributed by atoms with Gasteiger partial charge in [0.25, 0.3) is 0 Å². The molecule has 0 saturated carbocycles. The highest BCUT2D eigenvalue weighted by Gasteiger charge is 2.32. The molecule has 118 valence electrons. The normalized spacial score (nSPS) is 20.4. The molecular formula is C13H19BrClN3O2S. The zero-order chi connectivity index (χ0) is 15.5. The lowest BCUT2D eigenvalue weighted by atomic mass is 10.1. The smallest absolute Gasteiger partial charge is 0.301 e. The maximum atomic E-state index is 12.6. The van der Waals surface area contributed by atoms with Crippen LogP contribution in [0.2, 0.25) is 5.02 Å². The van der Waals surface area contributed by atoms with Gasteiger partial charge in [-0.1, -0.05) is 24.1 Å². The van der Waals surface area contributed by atoms with Crippen molar-refractivity contribution in [2.75, 3.05) is 24.9 Å². The molecule has 2 rings (SSSR count). The zero-order valence-corrected chi connectivity index (χ0v) is 14.9. The second-order valence-corrected chi connectivity index (χ2v) is 7.85. The van der Waals surface area contributed by atoms with Crippen molar-refractivity contribution in [2.24, 2.45) is 0 Å². The highest BCUT2D eigenvalue weighted by Crippen LogP contribution is 2.31. The van der Waals surface area contributed by atoms with Crippen LogP contribution in [0.4, 0.5) is 5.69 Å². The Morgan fingerprint density at radius 2 is 2.19 bits per heavy atom. The van der Waals surface area contributed by atoms with E-state index in [0.29, 0.717) is 28.3 Å². The second-order valence-electron chi connectivity index (χ2n) is 5.03. The van der Waals surface area contributed by atoms with Crippen LogP contribution in [0.3, 0.4) is 0 Å². The van der Waals surface area contributed by atoms with Crippen LogP contribution in [-0.2, 0) is 10.2 Å². The number of halogens is 2. The average molecular weight is 397 g/mol. The summed E-state index contributed by atoms with van der Waals surface area (Å²) in [4.78, 5) is 0. The van der Waals surface area contributed by atoms with E-state index in [2.05, 4.69) is 26.0 Å². The number of nitrogens with zero attached hydrogens (tertiary/aromatic N) is 1. The van der Waals surface area contributed by atoms with Crippen LogP contribution in [0.1, 0.15) is 19.3 Å². The molecule has 1 aliphatic heterocycles. The number of rotatable bonds is 5. The lowest BCUT2D eigenvalue weighted by Crippen LogP contribution is -2.49. The summed E-state index contributed by atoms with van der Waals surface area (Å²) < 4.78 is 30.0. The van der Waals surface area contributed by atoms with E-state index in [-0.39, 0.29) is 6.04 Å². The second kappa shape index (κ2) is 7.28. The third-order valence-corrected chi connectivity index (χ3v) is 6.49. The minimum atomic E-state index is -3.59. The SMILES string of the molecule is CNCC1CCCCN1S(=O)(=O)Nc1cccc(Cl)c1Br. The molecule has 1 aliphatic rings. The number of hydrogen-bond acceptors (Lipinski definition) is 3. The fraction of sp³-hybridized carbons (Fsp3) is 0.538. The molecule has 0 amide bonds. The molecule has 1 unspecified atom stereocenters. The Hall–Kier alpha value is -0.340. The predicted octanol–water partition coefficient (Wildman–Crippen LogP) is 2.83. The van der Waals surface area contributed by atoms with Gasteiger partial charge in [0.05, 0.1) is 15.2 Å². The van der Waals surface area contributed by atoms with Gasteiger partial charge in [-0.05, 0) is 48.0 Å². The molecule has 1 saturated heterocycles. The molecule has 0 radical (unpaired) electrons. The summed E-state index contributed by atoms with van der Waals surface area (Å²) in [5, 5.41) is 3.53. The van der Waals surface area contributed by atoms with E-state index in [4.69, 9.17) is 11.6 Å². The lowest BCUT2D eigenvalue weighted by Gasteiger charge is -2.34. The number of benzene rings is 1. The molecule has 5 nitrogen and oxygen atoms in total. The first kappa shape index (κ1) is 17.0. The third kappa shape index (κ3) is 4.10. The van der Waals surface area contributed by atoms with Crippen molar-refractivity contribution in [2.45, 2.75) is 25.3 Å². The Morgan fingerprint density at radius 3 is 2.90 bits per heavy atom. The van der Waals surface area contributed by atoms with Crippen molar-refractivity contribution in [3.63, 3.8) is 0 Å². The summed E-state index contributed by atoms with van der Waals surface area (Å²) in [6.07, 6.45) is 2.82. The van der Waals surface area contributed by atoms with E-state index in [0.717, 1.165) is 19.3 Å². The van der Waals surface area contributed by atoms with Crippen LogP contribution in [0, 0.1) is 0 Å². The minimum absolute atomic E-state index is 0.0146. The van der Waals surface area contributed by atoms with Crippen molar-refractivity contribution in [1.82, 2.24) is 9.62 Å². The number of hydrogen-bond donors (Lipinski definition) is 2. The summed E-state index contributed by atoms with van der Waals surface area (Å²) >= 11 is 9.31. The topological polar surface area (TPSA) is 61.4 Å². The van der Waals surface area contributed by atoms with Gasteiger partial charge in [0, 0.05) is 19.1 Å². The average Bonchev–Trinajstić information content (AvgIpc) is 2.44. The number of likely N-dealkylation sites (N-methyl/N-ethyl adjacent to an activating group) is 1. The molecule has 8 heteroatoms. The van der Waals surface area contributed by atoms with E-state index < -0.39 is 10.2 Å². The summed E-state index contributed by atoms with van der Waals surface area (Å²) in [7, 11) is -1.76. The molecule has 0 bridgehead atoms. The maximum Gasteiger partial charge on any atom is 0.301 e. The predicted molar refractivity (Wildman–Crippen MR) is 90.0 cm³/mol. The van der Waals surface area contributed by atoms with E-state index in [1.165, 1.54) is 0 Å². The first-order valence-corrected chi connectivity index (χ1v) is 9.45. The molecule has 2 N–H and O–H groups in total. The highest BCUT2D eigenvalue weighted by molar-refractivity contribution is 9.10. The third-order valence-electron chi connectivity index (χ3n) is 3.51. The van der Waals surface area contributed by atoms with Crippen molar-refractivity contribution in [3.8, 4) is 0 Å². The van der Waals surface area contributed by atoms with Gasteiger partial charge in [-0.15, -0.1) is 0 Å². The molecule has 0 aliphatic carbocycles. The minimum Gasteiger partial charge on any atom is -0.318 e. The van der Waals surface area contributed by atoms with Crippen LogP contribution in [0.25, 0.3) is 0 Å². The lowest BCUT2D eigenvalue weighted by molar-refractivity contribution is 0.250. The maximum absolute atomic E-state index is 12.6. The van der Waals surface area contributed by atoms with Gasteiger partial charge >= 0.3 is 10.2 Å². The largest absolute Gasteiger partial charge is 0.318 e. The van der Waals surface area contributed by atoms with Gasteiger partial charge in [-0.3, -0.25) is 4.72 Å². The molecule has 0 spiro atoms. The summed E-state index contributed by atoms with van der Waals surface area (Å²) in [5.41, 5.74) is 0.455. The fourth-order valence-corrected chi connectivity index (χ4v) is 4.69. The number of piperidine rings is 1. The molecular weight excluding hydrogens is 378 g/mol. The Bertz CT molecular complexity index is 595. The Balaban J connectivity index is 2.22. The summed E-state index contributed by atoms with van der Waals surface area (Å²) in [5.74, 6) is 0. The van der Waals surface area contributed by atoms with Crippen molar-refractivity contribution < 1.29 is 8.42 Å². The molecule has 1 atom stereocenters. The number of nitrogens with one attached hydrogen (secondary N) is 2. The van der Waals surface area contributed by atoms with Crippen LogP contribution in [0.15, 0.2) is 22.7 Å². The van der Waals surface area contributed by atoms with Gasteiger partial charge in [0.2, 0.25) is 0 Å². The Labute approximate surface area is 139 Å². The van der Waals surface area contributed by atoms with Gasteiger partial charge in [-0.2, -0.15) is 12.7 Å². The molecule has 1 aromatic carbocycles. The molecule has 0 aromatic heterocycles. The van der Waals surface area contributed by atoms with Crippen molar-refractivity contribution in [1.29, 1.82) is 0 Å². The van der Waals surface area contributed by atoms with Crippen molar-refractivity contribution >= 4 is 43.4 Å². The van der Waals surface area contributed by atoms with Gasteiger partial charge < -0.3 is 5.32 Å². The standard InChI is InChI=1S/C13H19BrClN3O2S/c1-16-9-10-5-2-3-8-18(10)21(19,20)17-12-7-4-6-11(15)13(12)14/h4,6-7,10,16-17H,2-3,5,8-9H2,1H3. The molecule has 21 heavy (non-hydrogen) atoms. The van der Waals surface area contributed by atoms with Crippen molar-refractivity contribution in [3.05, 3.63) is 27.7 Å². The van der Waals surface area contributed by atoms with Crippen LogP contribution >= 0.6 is 27.5 Å². The monoisotopic (exact) mass is 395 g/mol.